The van der Waals surface area contributed by atoms with E-state index in [2.05, 4.69) is 0 Å². The SMILES string of the molecule is CCCc1ccc(C2=CCC(c3ccc(C4COC(C)OC4)c(F)c3)C=C2)c(F)c1F. The summed E-state index contributed by atoms with van der Waals surface area (Å²) in [4.78, 5) is 0. The van der Waals surface area contributed by atoms with Gasteiger partial charge in [-0.2, -0.15) is 0 Å². The molecule has 0 N–H and O–H groups in total. The minimum absolute atomic E-state index is 0.0153. The molecule has 1 aliphatic heterocycles. The Kier molecular flexibility index (Phi) is 6.63. The zero-order valence-corrected chi connectivity index (χ0v) is 17.8. The zero-order chi connectivity index (χ0) is 22.0. The van der Waals surface area contributed by atoms with Crippen molar-refractivity contribution in [3.63, 3.8) is 0 Å². The van der Waals surface area contributed by atoms with Crippen LogP contribution in [0.1, 0.15) is 60.8 Å². The largest absolute Gasteiger partial charge is 0.352 e. The molecule has 2 aromatic carbocycles. The first-order chi connectivity index (χ1) is 15.0. The lowest BCUT2D eigenvalue weighted by Crippen LogP contribution is -2.29. The van der Waals surface area contributed by atoms with Gasteiger partial charge < -0.3 is 9.47 Å². The van der Waals surface area contributed by atoms with Crippen LogP contribution in [0, 0.1) is 17.5 Å². The monoisotopic (exact) mass is 428 g/mol. The summed E-state index contributed by atoms with van der Waals surface area (Å²) in [5.74, 6) is -1.97. The van der Waals surface area contributed by atoms with E-state index in [0.717, 1.165) is 12.0 Å². The molecule has 1 atom stereocenters. The van der Waals surface area contributed by atoms with Crippen molar-refractivity contribution >= 4 is 5.57 Å². The van der Waals surface area contributed by atoms with Crippen molar-refractivity contribution in [2.24, 2.45) is 0 Å². The second-order valence-corrected chi connectivity index (χ2v) is 8.22. The molecule has 2 aliphatic rings. The van der Waals surface area contributed by atoms with Gasteiger partial charge in [-0.1, -0.05) is 55.8 Å². The lowest BCUT2D eigenvalue weighted by molar-refractivity contribution is -0.176. The first-order valence-electron chi connectivity index (χ1n) is 10.9. The Hall–Kier alpha value is -2.37. The van der Waals surface area contributed by atoms with Gasteiger partial charge in [0.15, 0.2) is 17.9 Å². The van der Waals surface area contributed by atoms with Crippen LogP contribution in [0.3, 0.4) is 0 Å². The number of hydrogen-bond donors (Lipinski definition) is 0. The highest BCUT2D eigenvalue weighted by molar-refractivity contribution is 5.76. The van der Waals surface area contributed by atoms with Gasteiger partial charge in [0.1, 0.15) is 5.82 Å². The van der Waals surface area contributed by atoms with E-state index in [4.69, 9.17) is 9.47 Å². The molecule has 1 unspecified atom stereocenters. The molecule has 5 heteroatoms. The second kappa shape index (κ2) is 9.41. The third-order valence-corrected chi connectivity index (χ3v) is 6.05. The molecule has 0 aromatic heterocycles. The lowest BCUT2D eigenvalue weighted by atomic mass is 9.86. The number of benzene rings is 2. The second-order valence-electron chi connectivity index (χ2n) is 8.22. The first-order valence-corrected chi connectivity index (χ1v) is 10.9. The van der Waals surface area contributed by atoms with E-state index in [1.54, 1.807) is 30.3 Å². The summed E-state index contributed by atoms with van der Waals surface area (Å²) in [6.45, 7) is 4.63. The normalized spacial score (nSPS) is 23.6. The minimum atomic E-state index is -0.804. The Morgan fingerprint density at radius 1 is 1.00 bits per heavy atom. The molecule has 1 aliphatic carbocycles. The van der Waals surface area contributed by atoms with Crippen molar-refractivity contribution in [3.05, 3.63) is 88.3 Å². The van der Waals surface area contributed by atoms with Gasteiger partial charge in [0.25, 0.3) is 0 Å². The van der Waals surface area contributed by atoms with Gasteiger partial charge >= 0.3 is 0 Å². The van der Waals surface area contributed by atoms with Crippen LogP contribution in [0.5, 0.6) is 0 Å². The smallest absolute Gasteiger partial charge is 0.166 e. The van der Waals surface area contributed by atoms with E-state index in [9.17, 15) is 13.2 Å². The number of rotatable bonds is 5. The van der Waals surface area contributed by atoms with Gasteiger partial charge in [-0.05, 0) is 48.1 Å². The number of aryl methyl sites for hydroxylation is 1. The van der Waals surface area contributed by atoms with E-state index in [-0.39, 0.29) is 29.5 Å². The van der Waals surface area contributed by atoms with Crippen molar-refractivity contribution in [1.82, 2.24) is 0 Å². The fourth-order valence-corrected chi connectivity index (χ4v) is 4.23. The van der Waals surface area contributed by atoms with E-state index in [0.29, 0.717) is 42.8 Å². The number of allylic oxidation sites excluding steroid dienone is 4. The minimum Gasteiger partial charge on any atom is -0.352 e. The Morgan fingerprint density at radius 3 is 2.42 bits per heavy atom. The van der Waals surface area contributed by atoms with Gasteiger partial charge in [-0.25, -0.2) is 13.2 Å². The van der Waals surface area contributed by atoms with Crippen LogP contribution in [-0.4, -0.2) is 19.5 Å². The predicted octanol–water partition coefficient (Wildman–Crippen LogP) is 6.66. The van der Waals surface area contributed by atoms with Crippen LogP contribution in [0.25, 0.3) is 5.57 Å². The molecule has 0 bridgehead atoms. The third kappa shape index (κ3) is 4.63. The summed E-state index contributed by atoms with van der Waals surface area (Å²) in [5, 5.41) is 0. The van der Waals surface area contributed by atoms with Crippen LogP contribution < -0.4 is 0 Å². The van der Waals surface area contributed by atoms with Crippen LogP contribution in [-0.2, 0) is 15.9 Å². The quantitative estimate of drug-likeness (QED) is 0.530. The van der Waals surface area contributed by atoms with Gasteiger partial charge in [0, 0.05) is 17.4 Å². The van der Waals surface area contributed by atoms with Crippen LogP contribution in [0.4, 0.5) is 13.2 Å². The van der Waals surface area contributed by atoms with Gasteiger partial charge in [-0.3, -0.25) is 0 Å². The Balaban J connectivity index is 1.48. The van der Waals surface area contributed by atoms with Gasteiger partial charge in [0.05, 0.1) is 13.2 Å². The summed E-state index contributed by atoms with van der Waals surface area (Å²) in [5.41, 5.74) is 2.76. The highest BCUT2D eigenvalue weighted by atomic mass is 19.2. The summed E-state index contributed by atoms with van der Waals surface area (Å²) < 4.78 is 54.6. The Labute approximate surface area is 181 Å². The average Bonchev–Trinajstić information content (AvgIpc) is 2.78. The molecule has 1 fully saturated rings. The standard InChI is InChI=1S/C26H27F3O2/c1-3-4-19-9-12-23(26(29)25(19)28)18-7-5-17(6-8-18)20-10-11-22(24(27)13-20)21-14-30-16(2)31-15-21/h5,7-13,16-17,21H,3-4,6,14-15H2,1-2H3. The highest BCUT2D eigenvalue weighted by Gasteiger charge is 2.24. The van der Waals surface area contributed by atoms with Crippen molar-refractivity contribution < 1.29 is 22.6 Å². The van der Waals surface area contributed by atoms with E-state index in [1.165, 1.54) is 0 Å². The average molecular weight is 428 g/mol. The molecule has 2 aromatic rings. The molecule has 0 amide bonds. The van der Waals surface area contributed by atoms with Gasteiger partial charge in [-0.15, -0.1) is 0 Å². The fourth-order valence-electron chi connectivity index (χ4n) is 4.23. The molecule has 4 rings (SSSR count). The number of halogens is 3. The lowest BCUT2D eigenvalue weighted by Gasteiger charge is -2.28. The van der Waals surface area contributed by atoms with Crippen molar-refractivity contribution in [3.8, 4) is 0 Å². The molecule has 0 saturated carbocycles. The molecule has 2 nitrogen and oxygen atoms in total. The van der Waals surface area contributed by atoms with Gasteiger partial charge in [0.2, 0.25) is 0 Å². The maximum absolute atomic E-state index is 14.8. The summed E-state index contributed by atoms with van der Waals surface area (Å²) in [6, 6.07) is 8.58. The molecule has 0 radical (unpaired) electrons. The predicted molar refractivity (Wildman–Crippen MR) is 115 cm³/mol. The molecule has 31 heavy (non-hydrogen) atoms. The Bertz CT molecular complexity index is 1000. The molecule has 0 spiro atoms. The van der Waals surface area contributed by atoms with E-state index < -0.39 is 11.6 Å². The molecule has 164 valence electrons. The van der Waals surface area contributed by atoms with Crippen molar-refractivity contribution in [2.75, 3.05) is 13.2 Å². The van der Waals surface area contributed by atoms with E-state index >= 15 is 0 Å². The molecular weight excluding hydrogens is 401 g/mol. The molecular formula is C26H27F3O2. The molecule has 1 heterocycles. The topological polar surface area (TPSA) is 18.5 Å². The summed E-state index contributed by atoms with van der Waals surface area (Å²) in [6.07, 6.45) is 7.22. The maximum atomic E-state index is 14.8. The summed E-state index contributed by atoms with van der Waals surface area (Å²) >= 11 is 0. The van der Waals surface area contributed by atoms with Crippen LogP contribution >= 0.6 is 0 Å². The Morgan fingerprint density at radius 2 is 1.77 bits per heavy atom. The van der Waals surface area contributed by atoms with Crippen LogP contribution in [0.15, 0.2) is 48.6 Å². The van der Waals surface area contributed by atoms with Crippen molar-refractivity contribution in [1.29, 1.82) is 0 Å². The van der Waals surface area contributed by atoms with E-state index in [1.807, 2.05) is 32.1 Å². The number of ether oxygens (including phenoxy) is 2. The molecule has 1 saturated heterocycles. The highest BCUT2D eigenvalue weighted by Crippen LogP contribution is 2.34. The summed E-state index contributed by atoms with van der Waals surface area (Å²) in [7, 11) is 0. The zero-order valence-electron chi connectivity index (χ0n) is 17.8. The van der Waals surface area contributed by atoms with Crippen LogP contribution in [0.2, 0.25) is 0 Å². The third-order valence-electron chi connectivity index (χ3n) is 6.05. The fraction of sp³-hybridized carbons (Fsp3) is 0.385. The number of hydrogen-bond acceptors (Lipinski definition) is 2. The maximum Gasteiger partial charge on any atom is 0.166 e. The first kappa shape index (κ1) is 21.8. The van der Waals surface area contributed by atoms with Crippen molar-refractivity contribution in [2.45, 2.75) is 51.2 Å².